The van der Waals surface area contributed by atoms with Gasteiger partial charge in [-0.15, -0.1) is 0 Å². The van der Waals surface area contributed by atoms with Crippen LogP contribution < -0.4 is 5.32 Å². The van der Waals surface area contributed by atoms with Crippen LogP contribution in [-0.2, 0) is 27.0 Å². The van der Waals surface area contributed by atoms with Crippen molar-refractivity contribution in [2.24, 2.45) is 23.2 Å². The average Bonchev–Trinajstić information content (AvgIpc) is 3.47. The van der Waals surface area contributed by atoms with Crippen molar-refractivity contribution in [1.82, 2.24) is 10.2 Å². The second-order valence-corrected chi connectivity index (χ2v) is 11.2. The summed E-state index contributed by atoms with van der Waals surface area (Å²) in [6, 6.07) is 0. The average molecular weight is 619 g/mol. The highest BCUT2D eigenvalue weighted by molar-refractivity contribution is 14.1. The van der Waals surface area contributed by atoms with E-state index in [-0.39, 0.29) is 36.7 Å². The molecule has 1 heterocycles. The third-order valence-corrected chi connectivity index (χ3v) is 8.18. The molecule has 1 saturated heterocycles. The number of allylic oxidation sites excluding steroid dienone is 2. The Morgan fingerprint density at radius 1 is 1.00 bits per heavy atom. The SMILES string of the molecule is O=C(O)CCC(=O)OCC1(COI)CCN(C(=O)CCCCCNC(=O)CC2CC3C=CC2C3)CC1. The number of unbranched alkanes of at least 4 members (excludes halogenated alkanes) is 2. The van der Waals surface area contributed by atoms with Crippen molar-refractivity contribution >= 4 is 46.8 Å². The van der Waals surface area contributed by atoms with E-state index in [1.54, 1.807) is 0 Å². The first-order chi connectivity index (χ1) is 17.3. The Balaban J connectivity index is 1.25. The van der Waals surface area contributed by atoms with E-state index in [2.05, 4.69) is 17.5 Å². The maximum absolute atomic E-state index is 12.7. The number of carboxylic acids is 1. The van der Waals surface area contributed by atoms with Crippen molar-refractivity contribution in [3.8, 4) is 0 Å². The molecule has 3 unspecified atom stereocenters. The zero-order valence-corrected chi connectivity index (χ0v) is 23.1. The van der Waals surface area contributed by atoms with E-state index < -0.39 is 11.9 Å². The standard InChI is InChI=1S/C26H39IN2O7/c27-36-18-26(17-35-25(34)8-7-24(32)33)9-12-29(13-10-26)23(31)4-2-1-3-11-28-22(30)16-21-15-19-5-6-20(21)14-19/h5-6,19-21H,1-4,7-18H2,(H,28,30)(H,32,33). The number of ether oxygens (including phenoxy) is 1. The van der Waals surface area contributed by atoms with Crippen LogP contribution in [0.1, 0.15) is 70.6 Å². The van der Waals surface area contributed by atoms with Gasteiger partial charge in [-0.25, -0.2) is 0 Å². The van der Waals surface area contributed by atoms with Crippen molar-refractivity contribution in [2.75, 3.05) is 32.8 Å². The number of halogens is 1. The number of carbonyl (C=O) groups is 4. The molecule has 36 heavy (non-hydrogen) atoms. The molecule has 1 aliphatic heterocycles. The molecule has 202 valence electrons. The molecule has 0 spiro atoms. The number of nitrogens with one attached hydrogen (secondary N) is 1. The Morgan fingerprint density at radius 2 is 1.78 bits per heavy atom. The van der Waals surface area contributed by atoms with Gasteiger partial charge in [0.05, 0.1) is 26.1 Å². The zero-order chi connectivity index (χ0) is 26.0. The fourth-order valence-corrected chi connectivity index (χ4v) is 6.26. The number of likely N-dealkylation sites (tertiary alicyclic amines) is 1. The summed E-state index contributed by atoms with van der Waals surface area (Å²) in [5, 5.41) is 11.7. The first-order valence-electron chi connectivity index (χ1n) is 13.1. The Hall–Kier alpha value is -1.69. The number of hydrogen-bond donors (Lipinski definition) is 2. The minimum Gasteiger partial charge on any atom is -0.481 e. The van der Waals surface area contributed by atoms with E-state index >= 15 is 0 Å². The number of aliphatic carboxylic acids is 1. The fourth-order valence-electron chi connectivity index (χ4n) is 5.59. The van der Waals surface area contributed by atoms with Gasteiger partial charge in [-0.3, -0.25) is 19.2 Å². The van der Waals surface area contributed by atoms with Gasteiger partial charge in [-0.2, -0.15) is 0 Å². The van der Waals surface area contributed by atoms with Crippen LogP contribution in [0.5, 0.6) is 0 Å². The molecule has 2 N–H and O–H groups in total. The van der Waals surface area contributed by atoms with E-state index in [4.69, 9.17) is 12.9 Å². The highest BCUT2D eigenvalue weighted by atomic mass is 127. The van der Waals surface area contributed by atoms with Gasteiger partial charge in [0.25, 0.3) is 0 Å². The number of piperidine rings is 1. The quantitative estimate of drug-likeness (QED) is 0.124. The van der Waals surface area contributed by atoms with Gasteiger partial charge in [0.1, 0.15) is 23.0 Å². The molecule has 2 fully saturated rings. The molecule has 2 amide bonds. The monoisotopic (exact) mass is 618 g/mol. The molecule has 3 atom stereocenters. The topological polar surface area (TPSA) is 122 Å². The third-order valence-electron chi connectivity index (χ3n) is 7.87. The molecule has 0 aromatic carbocycles. The number of hydrogen-bond acceptors (Lipinski definition) is 6. The zero-order valence-electron chi connectivity index (χ0n) is 20.9. The van der Waals surface area contributed by atoms with Crippen LogP contribution in [0.3, 0.4) is 0 Å². The summed E-state index contributed by atoms with van der Waals surface area (Å²) < 4.78 is 10.7. The van der Waals surface area contributed by atoms with Crippen LogP contribution in [0.15, 0.2) is 12.2 Å². The highest BCUT2D eigenvalue weighted by Crippen LogP contribution is 2.44. The van der Waals surface area contributed by atoms with Crippen LogP contribution in [0.25, 0.3) is 0 Å². The van der Waals surface area contributed by atoms with Crippen LogP contribution in [-0.4, -0.2) is 66.6 Å². The van der Waals surface area contributed by atoms with E-state index in [0.717, 1.165) is 25.7 Å². The summed E-state index contributed by atoms with van der Waals surface area (Å²) in [6.45, 7) is 2.41. The second-order valence-electron chi connectivity index (χ2n) is 10.6. The maximum atomic E-state index is 12.7. The van der Waals surface area contributed by atoms with Crippen molar-refractivity contribution in [3.63, 3.8) is 0 Å². The highest BCUT2D eigenvalue weighted by Gasteiger charge is 2.38. The van der Waals surface area contributed by atoms with E-state index in [1.807, 2.05) is 27.9 Å². The first kappa shape index (κ1) is 28.9. The van der Waals surface area contributed by atoms with E-state index in [9.17, 15) is 19.2 Å². The van der Waals surface area contributed by atoms with E-state index in [0.29, 0.717) is 69.7 Å². The molecular formula is C26H39IN2O7. The predicted octanol–water partition coefficient (Wildman–Crippen LogP) is 3.65. The number of fused-ring (bicyclic) bond motifs is 2. The number of nitrogens with zero attached hydrogens (tertiary/aromatic N) is 1. The van der Waals surface area contributed by atoms with Crippen LogP contribution >= 0.6 is 23.0 Å². The van der Waals surface area contributed by atoms with Crippen LogP contribution in [0, 0.1) is 23.2 Å². The van der Waals surface area contributed by atoms with Crippen LogP contribution in [0.4, 0.5) is 0 Å². The lowest BCUT2D eigenvalue weighted by Crippen LogP contribution is -2.47. The Bertz CT molecular complexity index is 810. The van der Waals surface area contributed by atoms with Crippen molar-refractivity contribution in [2.45, 2.75) is 70.6 Å². The summed E-state index contributed by atoms with van der Waals surface area (Å²) in [5.41, 5.74) is -0.358. The number of carbonyl (C=O) groups excluding carboxylic acids is 3. The van der Waals surface area contributed by atoms with Gasteiger partial charge >= 0.3 is 11.9 Å². The molecular weight excluding hydrogens is 579 g/mol. The summed E-state index contributed by atoms with van der Waals surface area (Å²) in [6.07, 6.45) is 11.6. The lowest BCUT2D eigenvalue weighted by Gasteiger charge is -2.40. The minimum atomic E-state index is -1.03. The lowest BCUT2D eigenvalue weighted by molar-refractivity contribution is -0.153. The normalized spacial score (nSPS) is 24.0. The van der Waals surface area contributed by atoms with Crippen molar-refractivity contribution < 1.29 is 32.1 Å². The van der Waals surface area contributed by atoms with Gasteiger partial charge in [-0.1, -0.05) is 18.6 Å². The lowest BCUT2D eigenvalue weighted by atomic mass is 9.80. The maximum Gasteiger partial charge on any atom is 0.306 e. The molecule has 1 saturated carbocycles. The molecule has 9 nitrogen and oxygen atoms in total. The second kappa shape index (κ2) is 14.3. The molecule has 2 aliphatic carbocycles. The molecule has 2 bridgehead atoms. The van der Waals surface area contributed by atoms with Crippen molar-refractivity contribution in [1.29, 1.82) is 0 Å². The molecule has 3 rings (SSSR count). The van der Waals surface area contributed by atoms with Crippen LogP contribution in [0.2, 0.25) is 0 Å². The van der Waals surface area contributed by atoms with Gasteiger partial charge in [-0.05, 0) is 56.3 Å². The minimum absolute atomic E-state index is 0.130. The molecule has 0 radical (unpaired) electrons. The smallest absolute Gasteiger partial charge is 0.306 e. The number of rotatable bonds is 15. The third kappa shape index (κ3) is 9.00. The molecule has 3 aliphatic rings. The number of esters is 1. The Labute approximate surface area is 227 Å². The van der Waals surface area contributed by atoms with Crippen molar-refractivity contribution in [3.05, 3.63) is 12.2 Å². The van der Waals surface area contributed by atoms with Gasteiger partial charge in [0.2, 0.25) is 11.8 Å². The Morgan fingerprint density at radius 3 is 2.42 bits per heavy atom. The number of amides is 2. The van der Waals surface area contributed by atoms with Gasteiger partial charge in [0, 0.05) is 37.9 Å². The van der Waals surface area contributed by atoms with Gasteiger partial charge in [0.15, 0.2) is 0 Å². The molecule has 10 heteroatoms. The first-order valence-corrected chi connectivity index (χ1v) is 14.0. The summed E-state index contributed by atoms with van der Waals surface area (Å²) in [5.74, 6) is 0.519. The Kier molecular flexibility index (Phi) is 11.5. The number of carboxylic acid groups (broad SMARTS) is 1. The predicted molar refractivity (Wildman–Crippen MR) is 141 cm³/mol. The molecule has 0 aromatic heterocycles. The van der Waals surface area contributed by atoms with Gasteiger partial charge < -0.3 is 23.1 Å². The summed E-state index contributed by atoms with van der Waals surface area (Å²) >= 11 is 1.82. The summed E-state index contributed by atoms with van der Waals surface area (Å²) in [7, 11) is 0. The largest absolute Gasteiger partial charge is 0.481 e. The van der Waals surface area contributed by atoms with E-state index in [1.165, 1.54) is 6.42 Å². The molecule has 0 aromatic rings. The summed E-state index contributed by atoms with van der Waals surface area (Å²) in [4.78, 5) is 49.2. The fraction of sp³-hybridized carbons (Fsp3) is 0.769.